The van der Waals surface area contributed by atoms with Crippen molar-refractivity contribution < 1.29 is 37.7 Å². The molecule has 0 N–H and O–H groups in total. The van der Waals surface area contributed by atoms with Crippen LogP contribution in [0.3, 0.4) is 0 Å². The molecule has 0 unspecified atom stereocenters. The Morgan fingerprint density at radius 3 is 2.04 bits per heavy atom. The van der Waals surface area contributed by atoms with E-state index in [2.05, 4.69) is 0 Å². The molecule has 27 heavy (non-hydrogen) atoms. The second kappa shape index (κ2) is 9.37. The first-order valence-corrected chi connectivity index (χ1v) is 8.12. The standard InChI is InChI=1S/C18H18O9/c1-3-23-17(21)9-25-14-6-12-11(8-19)5-16(20)27-13(12)7-15(14)26-10-18(22)24-4-2/h5-8H,3-4,9-10H2,1-2H3. The molecule has 144 valence electrons. The lowest BCUT2D eigenvalue weighted by molar-refractivity contribution is -0.146. The number of rotatable bonds is 9. The largest absolute Gasteiger partial charge is 0.478 e. The number of ether oxygens (including phenoxy) is 4. The first-order valence-electron chi connectivity index (χ1n) is 8.12. The summed E-state index contributed by atoms with van der Waals surface area (Å²) < 4.78 is 25.4. The summed E-state index contributed by atoms with van der Waals surface area (Å²) in [7, 11) is 0. The molecule has 0 atom stereocenters. The fourth-order valence-corrected chi connectivity index (χ4v) is 2.20. The molecule has 0 radical (unpaired) electrons. The van der Waals surface area contributed by atoms with E-state index in [1.165, 1.54) is 12.1 Å². The topological polar surface area (TPSA) is 118 Å². The summed E-state index contributed by atoms with van der Waals surface area (Å²) in [6, 6.07) is 3.70. The Kier molecular flexibility index (Phi) is 6.93. The fourth-order valence-electron chi connectivity index (χ4n) is 2.20. The van der Waals surface area contributed by atoms with Crippen LogP contribution in [0.1, 0.15) is 24.2 Å². The molecule has 0 bridgehead atoms. The Labute approximate surface area is 153 Å². The predicted octanol–water partition coefficient (Wildman–Crippen LogP) is 1.49. The van der Waals surface area contributed by atoms with Gasteiger partial charge in [-0.2, -0.15) is 0 Å². The maximum atomic E-state index is 11.6. The minimum Gasteiger partial charge on any atom is -0.478 e. The van der Waals surface area contributed by atoms with Gasteiger partial charge in [-0.3, -0.25) is 4.79 Å². The number of aldehydes is 1. The summed E-state index contributed by atoms with van der Waals surface area (Å²) in [5.74, 6) is -1.12. The molecule has 0 saturated carbocycles. The van der Waals surface area contributed by atoms with Gasteiger partial charge < -0.3 is 23.4 Å². The molecule has 1 heterocycles. The van der Waals surface area contributed by atoms with E-state index in [1.807, 2.05) is 0 Å². The number of esters is 2. The normalized spacial score (nSPS) is 10.3. The lowest BCUT2D eigenvalue weighted by atomic mass is 10.1. The molecule has 0 fully saturated rings. The maximum absolute atomic E-state index is 11.6. The van der Waals surface area contributed by atoms with Crippen LogP contribution in [-0.2, 0) is 19.1 Å². The van der Waals surface area contributed by atoms with Crippen LogP contribution in [0.4, 0.5) is 0 Å². The molecule has 0 aliphatic carbocycles. The molecule has 9 nitrogen and oxygen atoms in total. The Morgan fingerprint density at radius 1 is 0.963 bits per heavy atom. The molecule has 0 amide bonds. The molecule has 1 aromatic carbocycles. The van der Waals surface area contributed by atoms with E-state index >= 15 is 0 Å². The summed E-state index contributed by atoms with van der Waals surface area (Å²) in [4.78, 5) is 45.8. The highest BCUT2D eigenvalue weighted by atomic mass is 16.6. The van der Waals surface area contributed by atoms with Crippen molar-refractivity contribution in [2.24, 2.45) is 0 Å². The molecule has 0 spiro atoms. The van der Waals surface area contributed by atoms with Gasteiger partial charge in [0.1, 0.15) is 5.58 Å². The van der Waals surface area contributed by atoms with Gasteiger partial charge in [0.2, 0.25) is 0 Å². The number of carbonyl (C=O) groups excluding carboxylic acids is 3. The third-order valence-electron chi connectivity index (χ3n) is 3.27. The van der Waals surface area contributed by atoms with E-state index in [0.717, 1.165) is 6.07 Å². The van der Waals surface area contributed by atoms with Crippen molar-refractivity contribution in [2.45, 2.75) is 13.8 Å². The van der Waals surface area contributed by atoms with E-state index in [4.69, 9.17) is 23.4 Å². The summed E-state index contributed by atoms with van der Waals surface area (Å²) in [6.07, 6.45) is 0.494. The third kappa shape index (κ3) is 5.30. The zero-order valence-corrected chi connectivity index (χ0v) is 14.8. The second-order valence-corrected chi connectivity index (χ2v) is 5.12. The summed E-state index contributed by atoms with van der Waals surface area (Å²) in [6.45, 7) is 2.84. The number of fused-ring (bicyclic) bond motifs is 1. The van der Waals surface area contributed by atoms with Gasteiger partial charge in [-0.15, -0.1) is 0 Å². The highest BCUT2D eigenvalue weighted by Gasteiger charge is 2.16. The van der Waals surface area contributed by atoms with Crippen LogP contribution >= 0.6 is 0 Å². The van der Waals surface area contributed by atoms with Crippen LogP contribution in [-0.4, -0.2) is 44.7 Å². The van der Waals surface area contributed by atoms with Gasteiger partial charge in [0.25, 0.3) is 0 Å². The van der Waals surface area contributed by atoms with Gasteiger partial charge in [0, 0.05) is 23.1 Å². The minimum atomic E-state index is -0.721. The highest BCUT2D eigenvalue weighted by Crippen LogP contribution is 2.33. The number of benzene rings is 1. The molecule has 9 heteroatoms. The van der Waals surface area contributed by atoms with Crippen molar-refractivity contribution in [2.75, 3.05) is 26.4 Å². The van der Waals surface area contributed by atoms with Gasteiger partial charge in [-0.05, 0) is 19.9 Å². The molecule has 1 aromatic heterocycles. The van der Waals surface area contributed by atoms with E-state index in [-0.39, 0.29) is 41.2 Å². The molecule has 0 aliphatic rings. The van der Waals surface area contributed by atoms with E-state index < -0.39 is 30.8 Å². The second-order valence-electron chi connectivity index (χ2n) is 5.12. The van der Waals surface area contributed by atoms with Crippen molar-refractivity contribution >= 4 is 29.2 Å². The van der Waals surface area contributed by atoms with Crippen LogP contribution in [0, 0.1) is 0 Å². The molecular formula is C18H18O9. The first kappa shape index (κ1) is 20.0. The number of hydrogen-bond acceptors (Lipinski definition) is 9. The molecular weight excluding hydrogens is 360 g/mol. The monoisotopic (exact) mass is 378 g/mol. The van der Waals surface area contributed by atoms with Crippen molar-refractivity contribution in [3.63, 3.8) is 0 Å². The highest BCUT2D eigenvalue weighted by molar-refractivity contribution is 5.96. The Balaban J connectivity index is 2.40. The molecule has 2 rings (SSSR count). The SMILES string of the molecule is CCOC(=O)COc1cc2oc(=O)cc(C=O)c2cc1OCC(=O)OCC. The molecule has 0 aliphatic heterocycles. The van der Waals surface area contributed by atoms with Gasteiger partial charge in [-0.1, -0.05) is 0 Å². The Morgan fingerprint density at radius 2 is 1.52 bits per heavy atom. The summed E-state index contributed by atoms with van der Waals surface area (Å²) in [5.41, 5.74) is -0.577. The van der Waals surface area contributed by atoms with Crippen molar-refractivity contribution in [1.82, 2.24) is 0 Å². The zero-order valence-electron chi connectivity index (χ0n) is 14.8. The Hall–Kier alpha value is -3.36. The minimum absolute atomic E-state index is 0.0334. The van der Waals surface area contributed by atoms with Crippen LogP contribution in [0.2, 0.25) is 0 Å². The van der Waals surface area contributed by atoms with E-state index in [1.54, 1.807) is 13.8 Å². The van der Waals surface area contributed by atoms with Crippen LogP contribution in [0.15, 0.2) is 27.4 Å². The smallest absolute Gasteiger partial charge is 0.344 e. The molecule has 0 saturated heterocycles. The van der Waals surface area contributed by atoms with Crippen molar-refractivity contribution in [3.05, 3.63) is 34.2 Å². The lowest BCUT2D eigenvalue weighted by Crippen LogP contribution is -2.17. The first-order chi connectivity index (χ1) is 13.0. The quantitative estimate of drug-likeness (QED) is 0.363. The van der Waals surface area contributed by atoms with Crippen LogP contribution in [0.5, 0.6) is 11.5 Å². The van der Waals surface area contributed by atoms with Gasteiger partial charge in [0.15, 0.2) is 31.0 Å². The van der Waals surface area contributed by atoms with Gasteiger partial charge in [-0.25, -0.2) is 14.4 Å². The van der Waals surface area contributed by atoms with Crippen molar-refractivity contribution in [1.29, 1.82) is 0 Å². The number of hydrogen-bond donors (Lipinski definition) is 0. The van der Waals surface area contributed by atoms with Crippen LogP contribution < -0.4 is 15.1 Å². The van der Waals surface area contributed by atoms with Crippen LogP contribution in [0.25, 0.3) is 11.0 Å². The van der Waals surface area contributed by atoms with Crippen molar-refractivity contribution in [3.8, 4) is 11.5 Å². The Bertz CT molecular complexity index is 898. The number of carbonyl (C=O) groups is 3. The summed E-state index contributed by atoms with van der Waals surface area (Å²) in [5, 5.41) is 0.284. The predicted molar refractivity (Wildman–Crippen MR) is 92.1 cm³/mol. The fraction of sp³-hybridized carbons (Fsp3) is 0.333. The molecule has 2 aromatic rings. The zero-order chi connectivity index (χ0) is 19.8. The lowest BCUT2D eigenvalue weighted by Gasteiger charge is -2.13. The van der Waals surface area contributed by atoms with Gasteiger partial charge >= 0.3 is 17.6 Å². The van der Waals surface area contributed by atoms with Gasteiger partial charge in [0.05, 0.1) is 13.2 Å². The average molecular weight is 378 g/mol. The average Bonchev–Trinajstić information content (AvgIpc) is 2.64. The maximum Gasteiger partial charge on any atom is 0.344 e. The summed E-state index contributed by atoms with van der Waals surface area (Å²) >= 11 is 0. The van der Waals surface area contributed by atoms with E-state index in [0.29, 0.717) is 6.29 Å². The van der Waals surface area contributed by atoms with E-state index in [9.17, 15) is 19.2 Å². The third-order valence-corrected chi connectivity index (χ3v) is 3.27.